The largest absolute Gasteiger partial charge is 0.271 e. The molecule has 1 atom stereocenters. The zero-order valence-corrected chi connectivity index (χ0v) is 16.0. The predicted molar refractivity (Wildman–Crippen MR) is 106 cm³/mol. The summed E-state index contributed by atoms with van der Waals surface area (Å²) in [6.07, 6.45) is 1.63. The molecule has 0 aliphatic rings. The summed E-state index contributed by atoms with van der Waals surface area (Å²) in [6, 6.07) is 24.0. The first-order valence-electron chi connectivity index (χ1n) is 8.57. The number of rotatable bonds is 4. The monoisotopic (exact) mass is 376 g/mol. The summed E-state index contributed by atoms with van der Waals surface area (Å²) >= 11 is 0. The normalized spacial score (nSPS) is 11.9. The van der Waals surface area contributed by atoms with Crippen molar-refractivity contribution in [1.82, 2.24) is 9.29 Å². The molecule has 136 valence electrons. The van der Waals surface area contributed by atoms with Crippen LogP contribution in [0.3, 0.4) is 0 Å². The van der Waals surface area contributed by atoms with Crippen LogP contribution < -0.4 is 0 Å². The first-order chi connectivity index (χ1) is 13.0. The van der Waals surface area contributed by atoms with E-state index in [2.05, 4.69) is 16.9 Å². The van der Waals surface area contributed by atoms with Crippen molar-refractivity contribution < 1.29 is 8.42 Å². The van der Waals surface area contributed by atoms with Gasteiger partial charge in [0.1, 0.15) is 5.69 Å². The molecule has 0 N–H and O–H groups in total. The average Bonchev–Trinajstić information content (AvgIpc) is 2.69. The Morgan fingerprint density at radius 1 is 0.926 bits per heavy atom. The van der Waals surface area contributed by atoms with Crippen LogP contribution in [0, 0.1) is 18.9 Å². The lowest BCUT2D eigenvalue weighted by Gasteiger charge is -2.25. The van der Waals surface area contributed by atoms with Gasteiger partial charge in [0.15, 0.2) is 0 Å². The van der Waals surface area contributed by atoms with Crippen molar-refractivity contribution in [3.63, 3.8) is 0 Å². The van der Waals surface area contributed by atoms with Crippen molar-refractivity contribution in [2.75, 3.05) is 0 Å². The molecule has 5 heteroatoms. The van der Waals surface area contributed by atoms with E-state index in [1.165, 1.54) is 4.31 Å². The summed E-state index contributed by atoms with van der Waals surface area (Å²) in [6.45, 7) is 3.75. The van der Waals surface area contributed by atoms with E-state index in [9.17, 15) is 8.42 Å². The van der Waals surface area contributed by atoms with Crippen LogP contribution in [0.15, 0.2) is 83.9 Å². The third kappa shape index (κ3) is 4.36. The molecule has 4 nitrogen and oxygen atoms in total. The molecule has 0 amide bonds. The quantitative estimate of drug-likeness (QED) is 0.508. The second-order valence-corrected chi connectivity index (χ2v) is 7.97. The molecule has 0 saturated heterocycles. The standard InChI is InChI=1S/C22H20N2O2S/c1-18-11-13-22(14-12-18)27(25,26)24(17-15-21-10-6-7-16-23-21)19(2)20-8-4-3-5-9-20/h3-14,16,19H,1-2H3. The first-order valence-corrected chi connectivity index (χ1v) is 10.0. The molecule has 2 aromatic carbocycles. The molecule has 1 unspecified atom stereocenters. The molecule has 0 spiro atoms. The van der Waals surface area contributed by atoms with Crippen molar-refractivity contribution >= 4 is 10.0 Å². The van der Waals surface area contributed by atoms with Gasteiger partial charge in [0.2, 0.25) is 0 Å². The van der Waals surface area contributed by atoms with Crippen molar-refractivity contribution in [2.45, 2.75) is 24.8 Å². The Hall–Kier alpha value is -3.10. The van der Waals surface area contributed by atoms with E-state index in [4.69, 9.17) is 0 Å². The second-order valence-electron chi connectivity index (χ2n) is 6.15. The predicted octanol–water partition coefficient (Wildman–Crippen LogP) is 4.15. The Balaban J connectivity index is 2.07. The topological polar surface area (TPSA) is 50.3 Å². The summed E-state index contributed by atoms with van der Waals surface area (Å²) in [5.74, 6) is 2.87. The lowest BCUT2D eigenvalue weighted by molar-refractivity contribution is 0.447. The van der Waals surface area contributed by atoms with E-state index in [1.54, 1.807) is 42.6 Å². The summed E-state index contributed by atoms with van der Waals surface area (Å²) in [4.78, 5) is 4.37. The molecule has 1 aromatic heterocycles. The van der Waals surface area contributed by atoms with Gasteiger partial charge in [-0.25, -0.2) is 17.7 Å². The van der Waals surface area contributed by atoms with Crippen molar-refractivity contribution in [1.29, 1.82) is 0 Å². The van der Waals surface area contributed by atoms with Crippen molar-refractivity contribution in [2.24, 2.45) is 0 Å². The van der Waals surface area contributed by atoms with E-state index in [0.717, 1.165) is 11.1 Å². The Bertz CT molecular complexity index is 1050. The highest BCUT2D eigenvalue weighted by Gasteiger charge is 2.27. The Labute approximate surface area is 160 Å². The zero-order chi connectivity index (χ0) is 19.3. The van der Waals surface area contributed by atoms with Gasteiger partial charge in [0.05, 0.1) is 10.9 Å². The second kappa shape index (κ2) is 8.07. The highest BCUT2D eigenvalue weighted by Crippen LogP contribution is 2.27. The van der Waals surface area contributed by atoms with Gasteiger partial charge in [-0.2, -0.15) is 0 Å². The van der Waals surface area contributed by atoms with Gasteiger partial charge in [-0.3, -0.25) is 0 Å². The minimum absolute atomic E-state index is 0.214. The van der Waals surface area contributed by atoms with E-state index < -0.39 is 16.1 Å². The number of sulfonamides is 1. The van der Waals surface area contributed by atoms with E-state index in [0.29, 0.717) is 5.69 Å². The van der Waals surface area contributed by atoms with E-state index in [1.807, 2.05) is 50.2 Å². The summed E-state index contributed by atoms with van der Waals surface area (Å²) in [5, 5.41) is 0. The molecule has 1 heterocycles. The Morgan fingerprint density at radius 3 is 2.22 bits per heavy atom. The van der Waals surface area contributed by atoms with Gasteiger partial charge in [-0.1, -0.05) is 54.1 Å². The fraction of sp³-hybridized carbons (Fsp3) is 0.136. The number of pyridine rings is 1. The zero-order valence-electron chi connectivity index (χ0n) is 15.2. The molecule has 0 saturated carbocycles. The Morgan fingerprint density at radius 2 is 1.59 bits per heavy atom. The number of hydrogen-bond donors (Lipinski definition) is 0. The third-order valence-electron chi connectivity index (χ3n) is 4.17. The molecule has 0 bridgehead atoms. The lowest BCUT2D eigenvalue weighted by Crippen LogP contribution is -2.29. The summed E-state index contributed by atoms with van der Waals surface area (Å²) in [7, 11) is -3.80. The van der Waals surface area contributed by atoms with Crippen LogP contribution in [0.4, 0.5) is 0 Å². The van der Waals surface area contributed by atoms with Gasteiger partial charge >= 0.3 is 0 Å². The van der Waals surface area contributed by atoms with Gasteiger partial charge in [0, 0.05) is 12.2 Å². The van der Waals surface area contributed by atoms with Crippen molar-refractivity contribution in [3.05, 3.63) is 95.8 Å². The number of aryl methyl sites for hydroxylation is 1. The molecular weight excluding hydrogens is 356 g/mol. The summed E-state index contributed by atoms with van der Waals surface area (Å²) < 4.78 is 27.8. The minimum Gasteiger partial charge on any atom is -0.248 e. The van der Waals surface area contributed by atoms with Crippen LogP contribution in [0.5, 0.6) is 0 Å². The highest BCUT2D eigenvalue weighted by molar-refractivity contribution is 7.89. The lowest BCUT2D eigenvalue weighted by atomic mass is 10.1. The van der Waals surface area contributed by atoms with Crippen LogP contribution in [0.1, 0.15) is 29.8 Å². The van der Waals surface area contributed by atoms with E-state index in [-0.39, 0.29) is 4.90 Å². The fourth-order valence-electron chi connectivity index (χ4n) is 2.60. The van der Waals surface area contributed by atoms with Gasteiger partial charge < -0.3 is 0 Å². The molecule has 3 aromatic rings. The fourth-order valence-corrected chi connectivity index (χ4v) is 4.02. The van der Waals surface area contributed by atoms with E-state index >= 15 is 0 Å². The van der Waals surface area contributed by atoms with Crippen LogP contribution in [0.25, 0.3) is 0 Å². The molecule has 27 heavy (non-hydrogen) atoms. The maximum atomic E-state index is 13.3. The molecule has 3 rings (SSSR count). The average molecular weight is 376 g/mol. The third-order valence-corrected chi connectivity index (χ3v) is 5.96. The highest BCUT2D eigenvalue weighted by atomic mass is 32.2. The SMILES string of the molecule is Cc1ccc(S(=O)(=O)N(C#Cc2ccccn2)C(C)c2ccccc2)cc1. The van der Waals surface area contributed by atoms with Gasteiger partial charge in [0.25, 0.3) is 10.0 Å². The van der Waals surface area contributed by atoms with Crippen LogP contribution in [0.2, 0.25) is 0 Å². The molecule has 0 radical (unpaired) electrons. The molecule has 0 aliphatic carbocycles. The number of aromatic nitrogens is 1. The molecular formula is C22H20N2O2S. The first kappa shape index (κ1) is 18.7. The maximum Gasteiger partial charge on any atom is 0.271 e. The smallest absolute Gasteiger partial charge is 0.248 e. The maximum absolute atomic E-state index is 13.3. The van der Waals surface area contributed by atoms with Gasteiger partial charge in [-0.15, -0.1) is 0 Å². The van der Waals surface area contributed by atoms with Crippen molar-refractivity contribution in [3.8, 4) is 12.0 Å². The summed E-state index contributed by atoms with van der Waals surface area (Å²) in [5.41, 5.74) is 2.38. The molecule has 0 aliphatic heterocycles. The Kier molecular flexibility index (Phi) is 5.58. The van der Waals surface area contributed by atoms with Crippen LogP contribution >= 0.6 is 0 Å². The number of hydrogen-bond acceptors (Lipinski definition) is 3. The van der Waals surface area contributed by atoms with Crippen LogP contribution in [-0.2, 0) is 10.0 Å². The van der Waals surface area contributed by atoms with Crippen LogP contribution in [-0.4, -0.2) is 17.7 Å². The molecule has 0 fully saturated rings. The van der Waals surface area contributed by atoms with Gasteiger partial charge in [-0.05, 0) is 49.6 Å². The minimum atomic E-state index is -3.80. The number of benzene rings is 2. The number of nitrogens with zero attached hydrogens (tertiary/aromatic N) is 2.